The first-order valence-electron chi connectivity index (χ1n) is 8.66. The Kier molecular flexibility index (Phi) is 8.84. The molecule has 0 saturated carbocycles. The van der Waals surface area contributed by atoms with Gasteiger partial charge in [-0.1, -0.05) is 0 Å². The second-order valence-corrected chi connectivity index (χ2v) is 7.48. The number of urea groups is 1. The molecule has 0 aliphatic heterocycles. The quantitative estimate of drug-likeness (QED) is 0.404. The van der Waals surface area contributed by atoms with Gasteiger partial charge in [-0.2, -0.15) is 0 Å². The van der Waals surface area contributed by atoms with Crippen LogP contribution < -0.4 is 26.0 Å². The number of methoxy groups -OCH3 is 1. The Bertz CT molecular complexity index is 704. The van der Waals surface area contributed by atoms with E-state index in [-0.39, 0.29) is 19.0 Å². The van der Waals surface area contributed by atoms with Gasteiger partial charge in [-0.05, 0) is 39.8 Å². The van der Waals surface area contributed by atoms with Gasteiger partial charge in [0, 0.05) is 24.8 Å². The van der Waals surface area contributed by atoms with Crippen molar-refractivity contribution >= 4 is 41.0 Å². The van der Waals surface area contributed by atoms with Gasteiger partial charge < -0.3 is 25.4 Å². The molecule has 9 nitrogen and oxygen atoms in total. The lowest BCUT2D eigenvalue weighted by molar-refractivity contribution is -0.120. The molecule has 0 aromatic heterocycles. The maximum absolute atomic E-state index is 11.9. The van der Waals surface area contributed by atoms with E-state index in [2.05, 4.69) is 21.3 Å². The normalized spacial score (nSPS) is 11.8. The van der Waals surface area contributed by atoms with Crippen LogP contribution in [0.5, 0.6) is 5.75 Å². The van der Waals surface area contributed by atoms with Gasteiger partial charge in [-0.15, -0.1) is 11.6 Å². The van der Waals surface area contributed by atoms with E-state index in [0.29, 0.717) is 17.1 Å². The van der Waals surface area contributed by atoms with E-state index in [1.54, 1.807) is 45.9 Å². The second kappa shape index (κ2) is 10.6. The highest BCUT2D eigenvalue weighted by Crippen LogP contribution is 2.28. The van der Waals surface area contributed by atoms with Crippen LogP contribution in [-0.4, -0.2) is 49.2 Å². The maximum Gasteiger partial charge on any atom is 0.412 e. The molecule has 0 spiro atoms. The molecule has 10 heteroatoms. The van der Waals surface area contributed by atoms with Crippen LogP contribution in [0.3, 0.4) is 0 Å². The summed E-state index contributed by atoms with van der Waals surface area (Å²) in [6, 6.07) is 4.29. The van der Waals surface area contributed by atoms with E-state index in [1.165, 1.54) is 7.11 Å². The molecule has 0 fully saturated rings. The molecule has 0 radical (unpaired) electrons. The van der Waals surface area contributed by atoms with Crippen LogP contribution in [0.25, 0.3) is 0 Å². The number of carbonyl (C=O) groups is 3. The molecule has 4 N–H and O–H groups in total. The minimum atomic E-state index is -0.630. The third kappa shape index (κ3) is 8.81. The molecule has 0 aliphatic carbocycles. The molecule has 0 unspecified atom stereocenters. The second-order valence-electron chi connectivity index (χ2n) is 6.83. The van der Waals surface area contributed by atoms with Gasteiger partial charge in [-0.25, -0.2) is 9.59 Å². The van der Waals surface area contributed by atoms with E-state index >= 15 is 0 Å². The van der Waals surface area contributed by atoms with Gasteiger partial charge in [0.1, 0.15) is 16.7 Å². The summed E-state index contributed by atoms with van der Waals surface area (Å²) in [6.07, 6.45) is -0.613. The molecular weight excluding hydrogens is 388 g/mol. The molecule has 0 saturated heterocycles. The summed E-state index contributed by atoms with van der Waals surface area (Å²) in [4.78, 5) is 35.1. The van der Waals surface area contributed by atoms with Crippen molar-refractivity contribution in [3.8, 4) is 5.75 Å². The highest BCUT2D eigenvalue weighted by molar-refractivity contribution is 6.30. The zero-order chi connectivity index (χ0) is 21.3. The first kappa shape index (κ1) is 23.4. The summed E-state index contributed by atoms with van der Waals surface area (Å²) in [5.74, 6) is 0.0497. The summed E-state index contributed by atoms with van der Waals surface area (Å²) < 4.78 is 10.4. The van der Waals surface area contributed by atoms with Crippen LogP contribution in [0.4, 0.5) is 21.0 Å². The number of ether oxygens (including phenoxy) is 2. The van der Waals surface area contributed by atoms with Gasteiger partial charge >= 0.3 is 12.1 Å². The average molecular weight is 415 g/mol. The van der Waals surface area contributed by atoms with Crippen molar-refractivity contribution in [2.45, 2.75) is 38.7 Å². The lowest BCUT2D eigenvalue weighted by atomic mass is 10.2. The van der Waals surface area contributed by atoms with Gasteiger partial charge in [0.15, 0.2) is 0 Å². The Labute approximate surface area is 169 Å². The number of benzene rings is 1. The molecule has 1 rings (SSSR count). The smallest absolute Gasteiger partial charge is 0.412 e. The topological polar surface area (TPSA) is 118 Å². The fraction of sp³-hybridized carbons (Fsp3) is 0.500. The van der Waals surface area contributed by atoms with Crippen molar-refractivity contribution in [1.29, 1.82) is 0 Å². The molecule has 4 amide bonds. The Hall–Kier alpha value is -2.68. The first-order valence-corrected chi connectivity index (χ1v) is 9.10. The first-order chi connectivity index (χ1) is 13.0. The third-order valence-electron chi connectivity index (χ3n) is 3.17. The molecule has 0 heterocycles. The van der Waals surface area contributed by atoms with Gasteiger partial charge in [0.2, 0.25) is 5.91 Å². The number of amides is 4. The number of halogens is 1. The lowest BCUT2D eigenvalue weighted by Crippen LogP contribution is -2.38. The van der Waals surface area contributed by atoms with Crippen LogP contribution in [0, 0.1) is 0 Å². The predicted molar refractivity (Wildman–Crippen MR) is 108 cm³/mol. The molecule has 156 valence electrons. The third-order valence-corrected chi connectivity index (χ3v) is 3.36. The van der Waals surface area contributed by atoms with Crippen LogP contribution in [-0.2, 0) is 9.53 Å². The maximum atomic E-state index is 11.9. The molecule has 1 aromatic carbocycles. The number of hydrogen-bond acceptors (Lipinski definition) is 5. The summed E-state index contributed by atoms with van der Waals surface area (Å²) >= 11 is 5.62. The van der Waals surface area contributed by atoms with Crippen molar-refractivity contribution in [3.05, 3.63) is 18.2 Å². The Morgan fingerprint density at radius 1 is 1.11 bits per heavy atom. The van der Waals surface area contributed by atoms with E-state index in [9.17, 15) is 14.4 Å². The van der Waals surface area contributed by atoms with Crippen LogP contribution in [0.15, 0.2) is 18.2 Å². The van der Waals surface area contributed by atoms with E-state index in [1.807, 2.05) is 0 Å². The van der Waals surface area contributed by atoms with Crippen molar-refractivity contribution in [3.63, 3.8) is 0 Å². The van der Waals surface area contributed by atoms with E-state index in [4.69, 9.17) is 21.1 Å². The van der Waals surface area contributed by atoms with Crippen LogP contribution >= 0.6 is 11.6 Å². The van der Waals surface area contributed by atoms with Crippen molar-refractivity contribution in [2.24, 2.45) is 0 Å². The molecule has 1 atom stereocenters. The van der Waals surface area contributed by atoms with E-state index in [0.717, 1.165) is 0 Å². The summed E-state index contributed by atoms with van der Waals surface area (Å²) in [7, 11) is 1.44. The number of nitrogens with one attached hydrogen (secondary N) is 4. The zero-order valence-electron chi connectivity index (χ0n) is 16.6. The fourth-order valence-electron chi connectivity index (χ4n) is 1.96. The van der Waals surface area contributed by atoms with Gasteiger partial charge in [0.25, 0.3) is 0 Å². The fourth-order valence-corrected chi connectivity index (χ4v) is 2.04. The molecular formula is C18H27ClN4O5. The molecule has 0 aliphatic rings. The minimum Gasteiger partial charge on any atom is -0.494 e. The Balaban J connectivity index is 2.57. The predicted octanol–water partition coefficient (Wildman–Crippen LogP) is 2.91. The summed E-state index contributed by atoms with van der Waals surface area (Å²) in [5, 5.41) is 9.77. The van der Waals surface area contributed by atoms with Crippen molar-refractivity contribution in [2.75, 3.05) is 30.8 Å². The van der Waals surface area contributed by atoms with Crippen LogP contribution in [0.1, 0.15) is 27.7 Å². The molecule has 0 bridgehead atoms. The highest BCUT2D eigenvalue weighted by atomic mass is 35.5. The number of hydrogen-bond donors (Lipinski definition) is 4. The number of anilines is 2. The molecule has 1 aromatic rings. The summed E-state index contributed by atoms with van der Waals surface area (Å²) in [6.45, 7) is 7.33. The zero-order valence-corrected chi connectivity index (χ0v) is 17.4. The minimum absolute atomic E-state index is 0.233. The SMILES string of the molecule is COc1cc(NC(=O)NCCNC(=O)[C@H](C)Cl)ccc1NC(=O)OC(C)(C)C. The van der Waals surface area contributed by atoms with Gasteiger partial charge in [-0.3, -0.25) is 10.1 Å². The summed E-state index contributed by atoms with van der Waals surface area (Å²) in [5.41, 5.74) is 0.237. The highest BCUT2D eigenvalue weighted by Gasteiger charge is 2.18. The molecule has 28 heavy (non-hydrogen) atoms. The number of rotatable bonds is 7. The van der Waals surface area contributed by atoms with E-state index < -0.39 is 23.1 Å². The standard InChI is InChI=1S/C18H27ClN4O5/c1-11(19)15(24)20-8-9-21-16(25)22-12-6-7-13(14(10-12)27-5)23-17(26)28-18(2,3)4/h6-7,10-11H,8-9H2,1-5H3,(H,20,24)(H,23,26)(H2,21,22,25)/t11-/m0/s1. The Morgan fingerprint density at radius 3 is 2.32 bits per heavy atom. The number of carbonyl (C=O) groups excluding carboxylic acids is 3. The van der Waals surface area contributed by atoms with Crippen LogP contribution in [0.2, 0.25) is 0 Å². The van der Waals surface area contributed by atoms with Crippen molar-refractivity contribution < 1.29 is 23.9 Å². The van der Waals surface area contributed by atoms with Gasteiger partial charge in [0.05, 0.1) is 12.8 Å². The largest absolute Gasteiger partial charge is 0.494 e. The lowest BCUT2D eigenvalue weighted by Gasteiger charge is -2.20. The van der Waals surface area contributed by atoms with Crippen molar-refractivity contribution in [1.82, 2.24) is 10.6 Å². The monoisotopic (exact) mass is 414 g/mol. The number of alkyl halides is 1. The Morgan fingerprint density at radius 2 is 1.75 bits per heavy atom. The average Bonchev–Trinajstić information content (AvgIpc) is 2.58.